The van der Waals surface area contributed by atoms with Crippen molar-refractivity contribution in [3.8, 4) is 11.3 Å². The van der Waals surface area contributed by atoms with E-state index in [-0.39, 0.29) is 36.1 Å². The van der Waals surface area contributed by atoms with Crippen LogP contribution < -0.4 is 10.6 Å². The standard InChI is InChI=1S/C25H22F3N3O3/c26-16-3-1-13(2-4-16)23-22(18-9-17(27)10-19(28)24(18)31-23)14-5-12(6-14)11-29-25(34)15-7-20(32)30-21(33)8-15/h1-4,9-10,12,14-15,31H,5-8,11H2,(H,29,34)(H,30,32,33). The number of imide groups is 1. The van der Waals surface area contributed by atoms with Crippen LogP contribution in [0.5, 0.6) is 0 Å². The van der Waals surface area contributed by atoms with Crippen LogP contribution >= 0.6 is 0 Å². The summed E-state index contributed by atoms with van der Waals surface area (Å²) in [6.45, 7) is 0.388. The van der Waals surface area contributed by atoms with Crippen LogP contribution in [-0.2, 0) is 14.4 Å². The summed E-state index contributed by atoms with van der Waals surface area (Å²) in [5.74, 6) is -3.51. The number of hydrogen-bond acceptors (Lipinski definition) is 3. The Bertz CT molecular complexity index is 1280. The molecular formula is C25H22F3N3O3. The number of nitrogens with one attached hydrogen (secondary N) is 3. The van der Waals surface area contributed by atoms with Gasteiger partial charge in [0.1, 0.15) is 17.5 Å². The van der Waals surface area contributed by atoms with Crippen LogP contribution in [0.25, 0.3) is 22.2 Å². The van der Waals surface area contributed by atoms with E-state index in [0.29, 0.717) is 36.0 Å². The van der Waals surface area contributed by atoms with Gasteiger partial charge in [-0.15, -0.1) is 0 Å². The Morgan fingerprint density at radius 3 is 2.32 bits per heavy atom. The fourth-order valence-corrected chi connectivity index (χ4v) is 5.00. The van der Waals surface area contributed by atoms with Gasteiger partial charge in [-0.05, 0) is 66.1 Å². The Morgan fingerprint density at radius 1 is 0.971 bits per heavy atom. The van der Waals surface area contributed by atoms with Crippen LogP contribution in [0.1, 0.15) is 37.2 Å². The van der Waals surface area contributed by atoms with E-state index in [4.69, 9.17) is 0 Å². The van der Waals surface area contributed by atoms with Crippen molar-refractivity contribution in [2.45, 2.75) is 31.6 Å². The molecular weight excluding hydrogens is 447 g/mol. The summed E-state index contributed by atoms with van der Waals surface area (Å²) >= 11 is 0. The fraction of sp³-hybridized carbons (Fsp3) is 0.320. The van der Waals surface area contributed by atoms with Crippen LogP contribution in [0.3, 0.4) is 0 Å². The molecule has 6 nitrogen and oxygen atoms in total. The molecule has 0 radical (unpaired) electrons. The minimum Gasteiger partial charge on any atom is -0.356 e. The minimum atomic E-state index is -0.696. The highest BCUT2D eigenvalue weighted by Crippen LogP contribution is 2.48. The molecule has 3 aromatic rings. The number of halogens is 3. The van der Waals surface area contributed by atoms with Gasteiger partial charge in [0.15, 0.2) is 0 Å². The first-order valence-electron chi connectivity index (χ1n) is 11.2. The van der Waals surface area contributed by atoms with Gasteiger partial charge < -0.3 is 10.3 Å². The van der Waals surface area contributed by atoms with Gasteiger partial charge in [0, 0.05) is 30.8 Å². The molecule has 3 amide bonds. The molecule has 2 fully saturated rings. The maximum absolute atomic E-state index is 14.5. The second kappa shape index (κ2) is 8.62. The van der Waals surface area contributed by atoms with E-state index in [9.17, 15) is 27.6 Å². The van der Waals surface area contributed by atoms with E-state index >= 15 is 0 Å². The van der Waals surface area contributed by atoms with Gasteiger partial charge in [0.2, 0.25) is 17.7 Å². The molecule has 0 atom stereocenters. The van der Waals surface area contributed by atoms with Crippen molar-refractivity contribution in [3.63, 3.8) is 0 Å². The summed E-state index contributed by atoms with van der Waals surface area (Å²) in [6, 6.07) is 7.95. The van der Waals surface area contributed by atoms with Gasteiger partial charge in [0.25, 0.3) is 0 Å². The number of amides is 3. The van der Waals surface area contributed by atoms with E-state index in [2.05, 4.69) is 15.6 Å². The maximum Gasteiger partial charge on any atom is 0.227 e. The second-order valence-corrected chi connectivity index (χ2v) is 9.09. The number of carbonyl (C=O) groups excluding carboxylic acids is 3. The highest BCUT2D eigenvalue weighted by molar-refractivity contribution is 6.02. The molecule has 1 saturated heterocycles. The van der Waals surface area contributed by atoms with Crippen molar-refractivity contribution in [3.05, 3.63) is 59.4 Å². The summed E-state index contributed by atoms with van der Waals surface area (Å²) in [7, 11) is 0. The van der Waals surface area contributed by atoms with Gasteiger partial charge in [-0.3, -0.25) is 19.7 Å². The Morgan fingerprint density at radius 2 is 1.65 bits per heavy atom. The maximum atomic E-state index is 14.5. The Labute approximate surface area is 192 Å². The summed E-state index contributed by atoms with van der Waals surface area (Å²) in [4.78, 5) is 38.5. The lowest BCUT2D eigenvalue weighted by atomic mass is 9.70. The van der Waals surface area contributed by atoms with E-state index in [1.807, 2.05) is 0 Å². The molecule has 2 aliphatic rings. The number of piperidine rings is 1. The summed E-state index contributed by atoms with van der Waals surface area (Å²) in [6.07, 6.45) is 1.34. The van der Waals surface area contributed by atoms with Crippen LogP contribution in [0, 0.1) is 29.3 Å². The molecule has 34 heavy (non-hydrogen) atoms. The van der Waals surface area contributed by atoms with Gasteiger partial charge >= 0.3 is 0 Å². The molecule has 2 heterocycles. The second-order valence-electron chi connectivity index (χ2n) is 9.09. The van der Waals surface area contributed by atoms with Gasteiger partial charge in [-0.25, -0.2) is 13.2 Å². The monoisotopic (exact) mass is 469 g/mol. The molecule has 3 N–H and O–H groups in total. The number of fused-ring (bicyclic) bond motifs is 1. The van der Waals surface area contributed by atoms with E-state index < -0.39 is 35.2 Å². The molecule has 5 rings (SSSR count). The minimum absolute atomic E-state index is 0.000980. The number of carbonyl (C=O) groups is 3. The van der Waals surface area contributed by atoms with Crippen LogP contribution in [0.4, 0.5) is 13.2 Å². The largest absolute Gasteiger partial charge is 0.356 e. The molecule has 0 bridgehead atoms. The summed E-state index contributed by atoms with van der Waals surface area (Å²) in [5.41, 5.74) is 2.27. The fourth-order valence-electron chi connectivity index (χ4n) is 5.00. The number of rotatable bonds is 5. The lowest BCUT2D eigenvalue weighted by Crippen LogP contribution is -2.45. The van der Waals surface area contributed by atoms with Gasteiger partial charge in [0.05, 0.1) is 17.1 Å². The molecule has 1 aliphatic carbocycles. The smallest absolute Gasteiger partial charge is 0.227 e. The third-order valence-electron chi connectivity index (χ3n) is 6.72. The van der Waals surface area contributed by atoms with Crippen LogP contribution in [0.15, 0.2) is 36.4 Å². The first-order chi connectivity index (χ1) is 16.3. The topological polar surface area (TPSA) is 91.1 Å². The average molecular weight is 469 g/mol. The number of benzene rings is 2. The van der Waals surface area contributed by atoms with Crippen LogP contribution in [-0.4, -0.2) is 29.3 Å². The van der Waals surface area contributed by atoms with E-state index in [1.165, 1.54) is 18.2 Å². The highest BCUT2D eigenvalue weighted by atomic mass is 19.1. The predicted molar refractivity (Wildman–Crippen MR) is 118 cm³/mol. The first-order valence-corrected chi connectivity index (χ1v) is 11.2. The highest BCUT2D eigenvalue weighted by Gasteiger charge is 2.36. The molecule has 1 aromatic heterocycles. The van der Waals surface area contributed by atoms with E-state index in [0.717, 1.165) is 11.6 Å². The third-order valence-corrected chi connectivity index (χ3v) is 6.72. The summed E-state index contributed by atoms with van der Waals surface area (Å²) < 4.78 is 42.0. The quantitative estimate of drug-likeness (QED) is 0.495. The molecule has 0 unspecified atom stereocenters. The van der Waals surface area contributed by atoms with Crippen molar-refractivity contribution in [1.29, 1.82) is 0 Å². The average Bonchev–Trinajstić information content (AvgIpc) is 3.11. The van der Waals surface area contributed by atoms with Crippen molar-refractivity contribution < 1.29 is 27.6 Å². The predicted octanol–water partition coefficient (Wildman–Crippen LogP) is 3.91. The van der Waals surface area contributed by atoms with Crippen molar-refractivity contribution in [1.82, 2.24) is 15.6 Å². The molecule has 0 spiro atoms. The number of H-pyrrole nitrogens is 1. The van der Waals surface area contributed by atoms with Crippen molar-refractivity contribution in [2.24, 2.45) is 11.8 Å². The van der Waals surface area contributed by atoms with Crippen molar-refractivity contribution in [2.75, 3.05) is 6.54 Å². The van der Waals surface area contributed by atoms with Gasteiger partial charge in [-0.1, -0.05) is 0 Å². The van der Waals surface area contributed by atoms with E-state index in [1.54, 1.807) is 12.1 Å². The summed E-state index contributed by atoms with van der Waals surface area (Å²) in [5, 5.41) is 5.47. The van der Waals surface area contributed by atoms with Crippen molar-refractivity contribution >= 4 is 28.6 Å². The zero-order valence-electron chi connectivity index (χ0n) is 18.1. The number of aromatic amines is 1. The molecule has 1 saturated carbocycles. The molecule has 1 aliphatic heterocycles. The lowest BCUT2D eigenvalue weighted by molar-refractivity contribution is -0.140. The van der Waals surface area contributed by atoms with Crippen LogP contribution in [0.2, 0.25) is 0 Å². The Kier molecular flexibility index (Phi) is 5.63. The SMILES string of the molecule is O=C1CC(C(=O)NCC2CC(c3c(-c4ccc(F)cc4)[nH]c4c(F)cc(F)cc34)C2)CC(=O)N1. The number of hydrogen-bond donors (Lipinski definition) is 3. The zero-order valence-corrected chi connectivity index (χ0v) is 18.1. The zero-order chi connectivity index (χ0) is 24.0. The third kappa shape index (κ3) is 4.18. The first kappa shape index (κ1) is 22.2. The lowest BCUT2D eigenvalue weighted by Gasteiger charge is -2.36. The molecule has 9 heteroatoms. The Hall–Kier alpha value is -3.62. The Balaban J connectivity index is 1.33. The molecule has 176 valence electrons. The van der Waals surface area contributed by atoms with Gasteiger partial charge in [-0.2, -0.15) is 0 Å². The normalized spacial score (nSPS) is 20.8. The molecule has 2 aromatic carbocycles. The number of aromatic nitrogens is 1.